The molecule has 0 amide bonds. The molecule has 130 valence electrons. The van der Waals surface area contributed by atoms with Crippen LogP contribution in [0.1, 0.15) is 42.4 Å². The minimum Gasteiger partial charge on any atom is -0.346 e. The molecule has 0 atom stereocenters. The normalized spacial score (nSPS) is 13.9. The number of hydrogen-bond acceptors (Lipinski definition) is 6. The molecule has 1 aliphatic heterocycles. The quantitative estimate of drug-likeness (QED) is 0.731. The highest BCUT2D eigenvalue weighted by Crippen LogP contribution is 2.32. The van der Waals surface area contributed by atoms with Gasteiger partial charge in [0.2, 0.25) is 0 Å². The summed E-state index contributed by atoms with van der Waals surface area (Å²) in [4.78, 5) is 20.9. The second-order valence-corrected chi connectivity index (χ2v) is 7.21. The maximum atomic E-state index is 4.78. The number of aryl methyl sites for hydroxylation is 3. The zero-order chi connectivity index (χ0) is 17.7. The first-order valence-corrected chi connectivity index (χ1v) is 8.69. The zero-order valence-electron chi connectivity index (χ0n) is 15.4. The van der Waals surface area contributed by atoms with Gasteiger partial charge in [-0.05, 0) is 19.8 Å². The van der Waals surface area contributed by atoms with Crippen LogP contribution in [0, 0.1) is 19.8 Å². The molecule has 0 N–H and O–H groups in total. The Morgan fingerprint density at radius 1 is 1.12 bits per heavy atom. The van der Waals surface area contributed by atoms with Crippen LogP contribution in [0.15, 0.2) is 6.20 Å². The molecular formula is C18H23N7. The Balaban J connectivity index is 1.73. The standard InChI is InChI=1S/C18H23N7/c1-10(2)6-15-19-7-13-8-25(9-14(13)22-15)18-16-11(3)23-24(5)17(16)20-12(4)21-18/h7,10H,6,8-9H2,1-5H3. The average molecular weight is 337 g/mol. The number of nitrogens with zero attached hydrogens (tertiary/aromatic N) is 7. The van der Waals surface area contributed by atoms with E-state index in [0.717, 1.165) is 59.4 Å². The molecular weight excluding hydrogens is 314 g/mol. The first kappa shape index (κ1) is 15.9. The average Bonchev–Trinajstić information content (AvgIpc) is 3.07. The van der Waals surface area contributed by atoms with Crippen molar-refractivity contribution in [1.82, 2.24) is 29.7 Å². The minimum atomic E-state index is 0.553. The molecule has 25 heavy (non-hydrogen) atoms. The van der Waals surface area contributed by atoms with Crippen molar-refractivity contribution in [3.63, 3.8) is 0 Å². The molecule has 1 aliphatic rings. The SMILES string of the molecule is Cc1nc(N2Cc3cnc(CC(C)C)nc3C2)c2c(C)nn(C)c2n1. The van der Waals surface area contributed by atoms with E-state index in [-0.39, 0.29) is 0 Å². The Morgan fingerprint density at radius 2 is 1.92 bits per heavy atom. The van der Waals surface area contributed by atoms with E-state index < -0.39 is 0 Å². The summed E-state index contributed by atoms with van der Waals surface area (Å²) in [7, 11) is 1.92. The van der Waals surface area contributed by atoms with Gasteiger partial charge in [0.25, 0.3) is 0 Å². The molecule has 0 unspecified atom stereocenters. The van der Waals surface area contributed by atoms with E-state index in [4.69, 9.17) is 9.97 Å². The fourth-order valence-corrected chi connectivity index (χ4v) is 3.46. The Morgan fingerprint density at radius 3 is 2.68 bits per heavy atom. The van der Waals surface area contributed by atoms with Gasteiger partial charge in [0.05, 0.1) is 23.3 Å². The Hall–Kier alpha value is -2.57. The summed E-state index contributed by atoms with van der Waals surface area (Å²) < 4.78 is 1.83. The molecule has 0 bridgehead atoms. The van der Waals surface area contributed by atoms with Crippen LogP contribution in [0.5, 0.6) is 0 Å². The van der Waals surface area contributed by atoms with Crippen molar-refractivity contribution < 1.29 is 0 Å². The van der Waals surface area contributed by atoms with Crippen LogP contribution in [0.25, 0.3) is 11.0 Å². The third-order valence-electron chi connectivity index (χ3n) is 4.55. The molecule has 0 radical (unpaired) electrons. The molecule has 3 aromatic rings. The third-order valence-corrected chi connectivity index (χ3v) is 4.55. The van der Waals surface area contributed by atoms with E-state index >= 15 is 0 Å². The lowest BCUT2D eigenvalue weighted by Gasteiger charge is -2.17. The largest absolute Gasteiger partial charge is 0.346 e. The topological polar surface area (TPSA) is 72.6 Å². The zero-order valence-corrected chi connectivity index (χ0v) is 15.4. The third kappa shape index (κ3) is 2.73. The lowest BCUT2D eigenvalue weighted by atomic mass is 10.1. The molecule has 7 heteroatoms. The van der Waals surface area contributed by atoms with Crippen molar-refractivity contribution >= 4 is 16.9 Å². The van der Waals surface area contributed by atoms with Crippen molar-refractivity contribution in [2.45, 2.75) is 47.2 Å². The van der Waals surface area contributed by atoms with Gasteiger partial charge in [0, 0.05) is 31.8 Å². The van der Waals surface area contributed by atoms with Gasteiger partial charge >= 0.3 is 0 Å². The second kappa shape index (κ2) is 5.75. The molecule has 0 saturated carbocycles. The summed E-state index contributed by atoms with van der Waals surface area (Å²) in [6.45, 7) is 9.84. The Labute approximate surface area is 147 Å². The van der Waals surface area contributed by atoms with E-state index in [9.17, 15) is 0 Å². The first-order chi connectivity index (χ1) is 11.9. The van der Waals surface area contributed by atoms with Crippen molar-refractivity contribution in [1.29, 1.82) is 0 Å². The van der Waals surface area contributed by atoms with Crippen LogP contribution in [0.3, 0.4) is 0 Å². The summed E-state index contributed by atoms with van der Waals surface area (Å²) in [6.07, 6.45) is 2.88. The summed E-state index contributed by atoms with van der Waals surface area (Å²) in [5, 5.41) is 5.54. The maximum Gasteiger partial charge on any atom is 0.163 e. The monoisotopic (exact) mass is 337 g/mol. The van der Waals surface area contributed by atoms with Gasteiger partial charge in [0.1, 0.15) is 17.5 Å². The molecule has 4 rings (SSSR count). The molecule has 4 heterocycles. The van der Waals surface area contributed by atoms with Gasteiger partial charge in [-0.1, -0.05) is 13.8 Å². The molecule has 3 aromatic heterocycles. The highest BCUT2D eigenvalue weighted by Gasteiger charge is 2.26. The van der Waals surface area contributed by atoms with Crippen molar-refractivity contribution in [2.24, 2.45) is 13.0 Å². The highest BCUT2D eigenvalue weighted by atomic mass is 15.3. The predicted molar refractivity (Wildman–Crippen MR) is 96.2 cm³/mol. The van der Waals surface area contributed by atoms with Crippen LogP contribution in [0.4, 0.5) is 5.82 Å². The highest BCUT2D eigenvalue weighted by molar-refractivity contribution is 5.90. The van der Waals surface area contributed by atoms with Crippen LogP contribution < -0.4 is 4.90 Å². The van der Waals surface area contributed by atoms with Crippen molar-refractivity contribution in [2.75, 3.05) is 4.90 Å². The van der Waals surface area contributed by atoms with Gasteiger partial charge in [-0.3, -0.25) is 4.68 Å². The van der Waals surface area contributed by atoms with E-state index in [1.165, 1.54) is 5.56 Å². The number of rotatable bonds is 3. The van der Waals surface area contributed by atoms with Gasteiger partial charge in [-0.2, -0.15) is 5.10 Å². The van der Waals surface area contributed by atoms with Crippen molar-refractivity contribution in [3.05, 3.63) is 34.8 Å². The summed E-state index contributed by atoms with van der Waals surface area (Å²) in [5.41, 5.74) is 4.12. The molecule has 0 aromatic carbocycles. The molecule has 7 nitrogen and oxygen atoms in total. The van der Waals surface area contributed by atoms with Gasteiger partial charge < -0.3 is 4.90 Å². The number of fused-ring (bicyclic) bond motifs is 2. The summed E-state index contributed by atoms with van der Waals surface area (Å²) >= 11 is 0. The van der Waals surface area contributed by atoms with Crippen LogP contribution in [-0.4, -0.2) is 29.7 Å². The van der Waals surface area contributed by atoms with Gasteiger partial charge in [-0.15, -0.1) is 0 Å². The van der Waals surface area contributed by atoms with Crippen LogP contribution in [-0.2, 0) is 26.6 Å². The van der Waals surface area contributed by atoms with Gasteiger partial charge in [0.15, 0.2) is 5.65 Å². The fourth-order valence-electron chi connectivity index (χ4n) is 3.46. The number of hydrogen-bond donors (Lipinski definition) is 0. The molecule has 0 spiro atoms. The molecule has 0 fully saturated rings. The van der Waals surface area contributed by atoms with Gasteiger partial charge in [-0.25, -0.2) is 19.9 Å². The smallest absolute Gasteiger partial charge is 0.163 e. The Bertz CT molecular complexity index is 958. The number of aromatic nitrogens is 6. The van der Waals surface area contributed by atoms with Crippen molar-refractivity contribution in [3.8, 4) is 0 Å². The lowest BCUT2D eigenvalue weighted by molar-refractivity contribution is 0.617. The van der Waals surface area contributed by atoms with Crippen LogP contribution >= 0.6 is 0 Å². The fraction of sp³-hybridized carbons (Fsp3) is 0.500. The summed E-state index contributed by atoms with van der Waals surface area (Å²) in [5.74, 6) is 3.18. The predicted octanol–water partition coefficient (Wildman–Crippen LogP) is 2.49. The lowest BCUT2D eigenvalue weighted by Crippen LogP contribution is -2.17. The molecule has 0 saturated heterocycles. The van der Waals surface area contributed by atoms with E-state index in [1.54, 1.807) is 0 Å². The maximum absolute atomic E-state index is 4.78. The second-order valence-electron chi connectivity index (χ2n) is 7.21. The molecule has 0 aliphatic carbocycles. The van der Waals surface area contributed by atoms with Crippen LogP contribution in [0.2, 0.25) is 0 Å². The number of anilines is 1. The van der Waals surface area contributed by atoms with E-state index in [0.29, 0.717) is 5.92 Å². The van der Waals surface area contributed by atoms with E-state index in [2.05, 4.69) is 33.8 Å². The summed E-state index contributed by atoms with van der Waals surface area (Å²) in [6, 6.07) is 0. The van der Waals surface area contributed by atoms with E-state index in [1.807, 2.05) is 31.8 Å². The first-order valence-electron chi connectivity index (χ1n) is 8.69. The minimum absolute atomic E-state index is 0.553. The Kier molecular flexibility index (Phi) is 3.67.